The van der Waals surface area contributed by atoms with E-state index in [1.165, 1.54) is 0 Å². The molecule has 3 rings (SSSR count). The molecule has 1 aromatic rings. The van der Waals surface area contributed by atoms with Crippen molar-refractivity contribution in [2.24, 2.45) is 13.0 Å². The number of piperazine rings is 1. The van der Waals surface area contributed by atoms with Gasteiger partial charge in [-0.3, -0.25) is 14.3 Å². The van der Waals surface area contributed by atoms with Gasteiger partial charge in [0.05, 0.1) is 12.2 Å². The third-order valence-electron chi connectivity index (χ3n) is 4.25. The van der Waals surface area contributed by atoms with Crippen LogP contribution in [0.3, 0.4) is 0 Å². The summed E-state index contributed by atoms with van der Waals surface area (Å²) in [6, 6.07) is 1.22. The Morgan fingerprint density at radius 3 is 2.71 bits per heavy atom. The zero-order valence-electron chi connectivity index (χ0n) is 12.6. The van der Waals surface area contributed by atoms with E-state index < -0.39 is 0 Å². The molecule has 6 nitrogen and oxygen atoms in total. The van der Waals surface area contributed by atoms with E-state index >= 15 is 0 Å². The van der Waals surface area contributed by atoms with Crippen molar-refractivity contribution in [1.29, 1.82) is 0 Å². The van der Waals surface area contributed by atoms with Crippen molar-refractivity contribution in [3.05, 3.63) is 18.0 Å². The molecule has 2 heterocycles. The Kier molecular flexibility index (Phi) is 3.69. The maximum atomic E-state index is 12.7. The van der Waals surface area contributed by atoms with Gasteiger partial charge in [0.2, 0.25) is 11.8 Å². The Hall–Kier alpha value is -1.85. The van der Waals surface area contributed by atoms with Crippen LogP contribution in [0.15, 0.2) is 12.3 Å². The Bertz CT molecular complexity index is 550. The summed E-state index contributed by atoms with van der Waals surface area (Å²) in [5, 5.41) is 7.24. The summed E-state index contributed by atoms with van der Waals surface area (Å²) in [5.74, 6) is 0.366. The molecule has 1 N–H and O–H groups in total. The van der Waals surface area contributed by atoms with E-state index in [1.54, 1.807) is 9.58 Å². The molecule has 1 aromatic heterocycles. The van der Waals surface area contributed by atoms with E-state index in [0.717, 1.165) is 25.0 Å². The molecular formula is C15H22N4O2. The second-order valence-corrected chi connectivity index (χ2v) is 6.08. The monoisotopic (exact) mass is 290 g/mol. The predicted molar refractivity (Wildman–Crippen MR) is 77.1 cm³/mol. The van der Waals surface area contributed by atoms with Crippen LogP contribution in [0.5, 0.6) is 0 Å². The van der Waals surface area contributed by atoms with Crippen molar-refractivity contribution < 1.29 is 9.59 Å². The summed E-state index contributed by atoms with van der Waals surface area (Å²) in [6.07, 6.45) is 5.49. The molecule has 2 amide bonds. The number of hydrogen-bond donors (Lipinski definition) is 1. The lowest BCUT2D eigenvalue weighted by atomic mass is 10.00. The molecule has 2 unspecified atom stereocenters. The number of nitrogens with zero attached hydrogens (tertiary/aromatic N) is 3. The van der Waals surface area contributed by atoms with Crippen LogP contribution in [0.25, 0.3) is 0 Å². The largest absolute Gasteiger partial charge is 0.342 e. The molecule has 6 heteroatoms. The van der Waals surface area contributed by atoms with E-state index in [4.69, 9.17) is 0 Å². The normalized spacial score (nSPS) is 26.1. The fourth-order valence-corrected chi connectivity index (χ4v) is 3.06. The van der Waals surface area contributed by atoms with E-state index in [-0.39, 0.29) is 23.9 Å². The number of carbonyl (C=O) groups is 2. The molecule has 1 aliphatic carbocycles. The number of aromatic nitrogens is 2. The summed E-state index contributed by atoms with van der Waals surface area (Å²) in [7, 11) is 1.85. The van der Waals surface area contributed by atoms with Crippen molar-refractivity contribution in [3.8, 4) is 0 Å². The van der Waals surface area contributed by atoms with Gasteiger partial charge in [-0.25, -0.2) is 0 Å². The molecular weight excluding hydrogens is 268 g/mol. The van der Waals surface area contributed by atoms with Gasteiger partial charge in [-0.1, -0.05) is 13.3 Å². The zero-order valence-corrected chi connectivity index (χ0v) is 12.6. The molecule has 0 bridgehead atoms. The van der Waals surface area contributed by atoms with Crippen molar-refractivity contribution in [2.45, 2.75) is 51.2 Å². The van der Waals surface area contributed by atoms with Crippen molar-refractivity contribution in [1.82, 2.24) is 20.0 Å². The highest BCUT2D eigenvalue weighted by molar-refractivity contribution is 5.97. The molecule has 0 spiro atoms. The third-order valence-corrected chi connectivity index (χ3v) is 4.25. The van der Waals surface area contributed by atoms with Crippen LogP contribution >= 0.6 is 0 Å². The first-order chi connectivity index (χ1) is 10.1. The number of rotatable bonds is 5. The molecule has 2 aliphatic rings. The first kappa shape index (κ1) is 14.1. The Morgan fingerprint density at radius 1 is 1.38 bits per heavy atom. The van der Waals surface area contributed by atoms with Gasteiger partial charge in [-0.2, -0.15) is 5.10 Å². The first-order valence-electron chi connectivity index (χ1n) is 7.69. The van der Waals surface area contributed by atoms with E-state index in [2.05, 4.69) is 10.4 Å². The molecule has 114 valence electrons. The third kappa shape index (κ3) is 2.80. The molecule has 2 fully saturated rings. The minimum Gasteiger partial charge on any atom is -0.342 e. The van der Waals surface area contributed by atoms with Crippen LogP contribution in [-0.2, 0) is 23.2 Å². The van der Waals surface area contributed by atoms with Crippen LogP contribution in [-0.4, -0.2) is 38.6 Å². The highest BCUT2D eigenvalue weighted by Crippen LogP contribution is 2.37. The molecule has 0 aromatic carbocycles. The lowest BCUT2D eigenvalue weighted by Gasteiger charge is -2.39. The summed E-state index contributed by atoms with van der Waals surface area (Å²) in [6.45, 7) is 2.45. The highest BCUT2D eigenvalue weighted by Gasteiger charge is 2.47. The molecule has 1 saturated carbocycles. The highest BCUT2D eigenvalue weighted by atomic mass is 16.2. The number of aryl methyl sites for hydroxylation is 1. The summed E-state index contributed by atoms with van der Waals surface area (Å²) < 4.78 is 1.72. The summed E-state index contributed by atoms with van der Waals surface area (Å²) in [5.41, 5.74) is 0.835. The van der Waals surface area contributed by atoms with Crippen molar-refractivity contribution in [3.63, 3.8) is 0 Å². The van der Waals surface area contributed by atoms with Gasteiger partial charge in [0.15, 0.2) is 0 Å². The van der Waals surface area contributed by atoms with Gasteiger partial charge < -0.3 is 10.2 Å². The topological polar surface area (TPSA) is 67.2 Å². The minimum atomic E-state index is -0.374. The molecule has 0 radical (unpaired) electrons. The Labute approximate surface area is 124 Å². The Balaban J connectivity index is 1.83. The van der Waals surface area contributed by atoms with Gasteiger partial charge in [-0.05, 0) is 31.2 Å². The SMILES string of the molecule is CCCC1NC(=O)C(C2CC2)N(Cc2ccn(C)n2)C1=O. The number of nitrogens with one attached hydrogen (secondary N) is 1. The lowest BCUT2D eigenvalue weighted by Crippen LogP contribution is -2.63. The van der Waals surface area contributed by atoms with Crippen LogP contribution in [0.2, 0.25) is 0 Å². The maximum absolute atomic E-state index is 12.7. The molecule has 1 saturated heterocycles. The molecule has 21 heavy (non-hydrogen) atoms. The van der Waals surface area contributed by atoms with Gasteiger partial charge in [0.1, 0.15) is 12.1 Å². The lowest BCUT2D eigenvalue weighted by molar-refractivity contribution is -0.151. The smallest absolute Gasteiger partial charge is 0.246 e. The predicted octanol–water partition coefficient (Wildman–Crippen LogP) is 0.826. The van der Waals surface area contributed by atoms with Crippen LogP contribution in [0.1, 0.15) is 38.3 Å². The van der Waals surface area contributed by atoms with Gasteiger partial charge in [0.25, 0.3) is 0 Å². The molecule has 2 atom stereocenters. The standard InChI is InChI=1S/C15H22N4O2/c1-3-4-12-15(21)19(9-11-7-8-18(2)17-11)13(10-5-6-10)14(20)16-12/h7-8,10,12-13H,3-6,9H2,1-2H3,(H,16,20). The van der Waals surface area contributed by atoms with Gasteiger partial charge in [0, 0.05) is 13.2 Å². The Morgan fingerprint density at radius 2 is 2.14 bits per heavy atom. The number of carbonyl (C=O) groups excluding carboxylic acids is 2. The van der Waals surface area contributed by atoms with Crippen LogP contribution in [0, 0.1) is 5.92 Å². The van der Waals surface area contributed by atoms with E-state index in [0.29, 0.717) is 18.9 Å². The van der Waals surface area contributed by atoms with Gasteiger partial charge >= 0.3 is 0 Å². The number of amides is 2. The average molecular weight is 290 g/mol. The summed E-state index contributed by atoms with van der Waals surface area (Å²) in [4.78, 5) is 26.8. The van der Waals surface area contributed by atoms with E-state index in [9.17, 15) is 9.59 Å². The average Bonchev–Trinajstić information content (AvgIpc) is 3.18. The quantitative estimate of drug-likeness (QED) is 0.873. The minimum absolute atomic E-state index is 0.00600. The fourth-order valence-electron chi connectivity index (χ4n) is 3.06. The van der Waals surface area contributed by atoms with Crippen molar-refractivity contribution >= 4 is 11.8 Å². The first-order valence-corrected chi connectivity index (χ1v) is 7.69. The zero-order chi connectivity index (χ0) is 15.0. The fraction of sp³-hybridized carbons (Fsp3) is 0.667. The van der Waals surface area contributed by atoms with Gasteiger partial charge in [-0.15, -0.1) is 0 Å². The maximum Gasteiger partial charge on any atom is 0.246 e. The summed E-state index contributed by atoms with van der Waals surface area (Å²) >= 11 is 0. The molecule has 1 aliphatic heterocycles. The second-order valence-electron chi connectivity index (χ2n) is 6.08. The van der Waals surface area contributed by atoms with Crippen LogP contribution in [0.4, 0.5) is 0 Å². The van der Waals surface area contributed by atoms with Crippen molar-refractivity contribution in [2.75, 3.05) is 0 Å². The van der Waals surface area contributed by atoms with E-state index in [1.807, 2.05) is 26.2 Å². The second kappa shape index (κ2) is 5.50. The van der Waals surface area contributed by atoms with Crippen LogP contribution < -0.4 is 5.32 Å². The number of hydrogen-bond acceptors (Lipinski definition) is 3.